The molecular weight excluding hydrogens is 240 g/mol. The first-order valence-electron chi connectivity index (χ1n) is 6.29. The fraction of sp³-hybridized carbons (Fsp3) is 0.333. The fourth-order valence-electron chi connectivity index (χ4n) is 2.22. The van der Waals surface area contributed by atoms with Gasteiger partial charge in [-0.3, -0.25) is 9.59 Å². The number of amides is 2. The van der Waals surface area contributed by atoms with Crippen LogP contribution in [-0.2, 0) is 9.59 Å². The monoisotopic (exact) mass is 256 g/mol. The van der Waals surface area contributed by atoms with Crippen LogP contribution in [0.3, 0.4) is 0 Å². The summed E-state index contributed by atoms with van der Waals surface area (Å²) in [6.07, 6.45) is 6.53. The molecule has 0 radical (unpaired) electrons. The molecule has 0 saturated carbocycles. The summed E-state index contributed by atoms with van der Waals surface area (Å²) in [5.74, 6) is 2.35. The Morgan fingerprint density at radius 1 is 1.32 bits per heavy atom. The van der Waals surface area contributed by atoms with Crippen molar-refractivity contribution in [3.05, 3.63) is 35.9 Å². The van der Waals surface area contributed by atoms with Crippen molar-refractivity contribution in [2.45, 2.75) is 18.9 Å². The molecule has 1 fully saturated rings. The molecule has 1 saturated heterocycles. The molecule has 2 amide bonds. The average molecular weight is 256 g/mol. The van der Waals surface area contributed by atoms with E-state index in [2.05, 4.69) is 11.2 Å². The highest BCUT2D eigenvalue weighted by Gasteiger charge is 2.34. The van der Waals surface area contributed by atoms with Gasteiger partial charge in [-0.1, -0.05) is 30.3 Å². The second-order valence-corrected chi connectivity index (χ2v) is 4.43. The Balaban J connectivity index is 2.21. The van der Waals surface area contributed by atoms with Gasteiger partial charge in [0, 0.05) is 13.0 Å². The van der Waals surface area contributed by atoms with Crippen molar-refractivity contribution >= 4 is 11.8 Å². The highest BCUT2D eigenvalue weighted by Crippen LogP contribution is 2.23. The third-order valence-electron chi connectivity index (χ3n) is 3.13. The Morgan fingerprint density at radius 2 is 2.05 bits per heavy atom. The number of rotatable bonds is 4. The first-order chi connectivity index (χ1) is 9.24. The van der Waals surface area contributed by atoms with Gasteiger partial charge in [-0.15, -0.1) is 12.3 Å². The van der Waals surface area contributed by atoms with Gasteiger partial charge in [-0.25, -0.2) is 0 Å². The van der Waals surface area contributed by atoms with Crippen LogP contribution >= 0.6 is 0 Å². The van der Waals surface area contributed by atoms with E-state index in [0.717, 1.165) is 5.56 Å². The summed E-state index contributed by atoms with van der Waals surface area (Å²) >= 11 is 0. The first kappa shape index (κ1) is 13.2. The maximum atomic E-state index is 12.0. The number of carbonyl (C=O) groups excluding carboxylic acids is 2. The van der Waals surface area contributed by atoms with Gasteiger partial charge in [0.25, 0.3) is 0 Å². The van der Waals surface area contributed by atoms with Crippen LogP contribution in [0.5, 0.6) is 0 Å². The van der Waals surface area contributed by atoms with Gasteiger partial charge in [-0.05, 0) is 12.0 Å². The second kappa shape index (κ2) is 6.05. The van der Waals surface area contributed by atoms with Crippen LogP contribution in [0, 0.1) is 12.3 Å². The molecule has 0 spiro atoms. The summed E-state index contributed by atoms with van der Waals surface area (Å²) in [5, 5.41) is 2.63. The van der Waals surface area contributed by atoms with Crippen molar-refractivity contribution in [3.63, 3.8) is 0 Å². The maximum absolute atomic E-state index is 12.0. The fourth-order valence-corrected chi connectivity index (χ4v) is 2.22. The molecule has 2 rings (SSSR count). The van der Waals surface area contributed by atoms with E-state index in [9.17, 15) is 9.59 Å². The molecule has 19 heavy (non-hydrogen) atoms. The Kier molecular flexibility index (Phi) is 4.19. The summed E-state index contributed by atoms with van der Waals surface area (Å²) < 4.78 is 0. The number of nitrogens with zero attached hydrogens (tertiary/aromatic N) is 1. The number of piperazine rings is 1. The van der Waals surface area contributed by atoms with Gasteiger partial charge in [0.1, 0.15) is 6.04 Å². The topological polar surface area (TPSA) is 49.4 Å². The van der Waals surface area contributed by atoms with Crippen molar-refractivity contribution in [1.29, 1.82) is 0 Å². The average Bonchev–Trinajstić information content (AvgIpc) is 2.44. The number of hydrogen-bond donors (Lipinski definition) is 1. The summed E-state index contributed by atoms with van der Waals surface area (Å²) in [6.45, 7) is 0.578. The highest BCUT2D eigenvalue weighted by atomic mass is 16.2. The summed E-state index contributed by atoms with van der Waals surface area (Å²) in [5.41, 5.74) is 0.828. The molecule has 1 aliphatic rings. The van der Waals surface area contributed by atoms with Crippen LogP contribution in [0.2, 0.25) is 0 Å². The summed E-state index contributed by atoms with van der Waals surface area (Å²) in [7, 11) is 0. The van der Waals surface area contributed by atoms with Gasteiger partial charge in [-0.2, -0.15) is 0 Å². The van der Waals surface area contributed by atoms with E-state index in [-0.39, 0.29) is 18.4 Å². The molecule has 1 aromatic carbocycles. The van der Waals surface area contributed by atoms with E-state index in [1.807, 2.05) is 30.3 Å². The molecule has 0 bridgehead atoms. The van der Waals surface area contributed by atoms with Crippen molar-refractivity contribution in [1.82, 2.24) is 10.2 Å². The van der Waals surface area contributed by atoms with E-state index < -0.39 is 6.04 Å². The van der Waals surface area contributed by atoms with Crippen LogP contribution < -0.4 is 5.32 Å². The molecule has 1 aliphatic heterocycles. The Bertz CT molecular complexity index is 505. The lowest BCUT2D eigenvalue weighted by Gasteiger charge is -2.35. The molecule has 1 atom stereocenters. The molecule has 1 N–H and O–H groups in total. The number of unbranched alkanes of at least 4 members (excludes halogenated alkanes) is 1. The zero-order valence-corrected chi connectivity index (χ0v) is 10.6. The third-order valence-corrected chi connectivity index (χ3v) is 3.13. The minimum Gasteiger partial charge on any atom is -0.345 e. The van der Waals surface area contributed by atoms with Crippen molar-refractivity contribution in [3.8, 4) is 12.3 Å². The quantitative estimate of drug-likeness (QED) is 0.648. The molecule has 4 heteroatoms. The van der Waals surface area contributed by atoms with E-state index in [4.69, 9.17) is 6.42 Å². The number of nitrogens with one attached hydrogen (secondary N) is 1. The number of benzene rings is 1. The van der Waals surface area contributed by atoms with Gasteiger partial charge in [0.2, 0.25) is 11.8 Å². The van der Waals surface area contributed by atoms with Crippen molar-refractivity contribution < 1.29 is 9.59 Å². The normalized spacial score (nSPS) is 18.9. The standard InChI is InChI=1S/C15H16N2O2/c1-2-3-7-10-17-13(18)11-16-15(19)14(17)12-8-5-4-6-9-12/h1,4-6,8-9,14H,3,7,10-11H2,(H,16,19). The predicted octanol–water partition coefficient (Wildman–Crippen LogP) is 1.10. The minimum absolute atomic E-state index is 0.0644. The van der Waals surface area contributed by atoms with Crippen LogP contribution in [0.4, 0.5) is 0 Å². The molecule has 0 aromatic heterocycles. The van der Waals surface area contributed by atoms with E-state index >= 15 is 0 Å². The largest absolute Gasteiger partial charge is 0.345 e. The first-order valence-corrected chi connectivity index (χ1v) is 6.29. The van der Waals surface area contributed by atoms with Crippen LogP contribution in [-0.4, -0.2) is 29.8 Å². The third kappa shape index (κ3) is 2.94. The van der Waals surface area contributed by atoms with E-state index in [0.29, 0.717) is 19.4 Å². The number of carbonyl (C=O) groups is 2. The Labute approximate surface area is 112 Å². The second-order valence-electron chi connectivity index (χ2n) is 4.43. The lowest BCUT2D eigenvalue weighted by atomic mass is 10.0. The Morgan fingerprint density at radius 3 is 2.74 bits per heavy atom. The maximum Gasteiger partial charge on any atom is 0.247 e. The Hall–Kier alpha value is -2.28. The van der Waals surface area contributed by atoms with Crippen LogP contribution in [0.1, 0.15) is 24.4 Å². The molecular formula is C15H16N2O2. The predicted molar refractivity (Wildman–Crippen MR) is 72.0 cm³/mol. The van der Waals surface area contributed by atoms with Gasteiger partial charge in [0.05, 0.1) is 6.54 Å². The SMILES string of the molecule is C#CCCCN1C(=O)CNC(=O)C1c1ccccc1. The zero-order chi connectivity index (χ0) is 13.7. The van der Waals surface area contributed by atoms with Crippen LogP contribution in [0.25, 0.3) is 0 Å². The molecule has 1 aromatic rings. The molecule has 98 valence electrons. The number of hydrogen-bond acceptors (Lipinski definition) is 2. The molecule has 4 nitrogen and oxygen atoms in total. The van der Waals surface area contributed by atoms with Gasteiger partial charge < -0.3 is 10.2 Å². The highest BCUT2D eigenvalue weighted by molar-refractivity contribution is 5.95. The minimum atomic E-state index is -0.541. The lowest BCUT2D eigenvalue weighted by Crippen LogP contribution is -2.53. The van der Waals surface area contributed by atoms with Crippen molar-refractivity contribution in [2.24, 2.45) is 0 Å². The zero-order valence-electron chi connectivity index (χ0n) is 10.6. The summed E-state index contributed by atoms with van der Waals surface area (Å²) in [4.78, 5) is 25.6. The molecule has 1 unspecified atom stereocenters. The van der Waals surface area contributed by atoms with Gasteiger partial charge in [0.15, 0.2) is 0 Å². The number of terminal acetylenes is 1. The van der Waals surface area contributed by atoms with E-state index in [1.165, 1.54) is 0 Å². The van der Waals surface area contributed by atoms with Crippen LogP contribution in [0.15, 0.2) is 30.3 Å². The summed E-state index contributed by atoms with van der Waals surface area (Å²) in [6, 6.07) is 8.78. The lowest BCUT2D eigenvalue weighted by molar-refractivity contribution is -0.145. The smallest absolute Gasteiger partial charge is 0.247 e. The van der Waals surface area contributed by atoms with Crippen molar-refractivity contribution in [2.75, 3.05) is 13.1 Å². The van der Waals surface area contributed by atoms with Gasteiger partial charge >= 0.3 is 0 Å². The molecule has 0 aliphatic carbocycles. The van der Waals surface area contributed by atoms with E-state index in [1.54, 1.807) is 4.90 Å². The molecule has 1 heterocycles.